The lowest BCUT2D eigenvalue weighted by molar-refractivity contribution is -0.141. The first kappa shape index (κ1) is 28.4. The number of nitrogens with one attached hydrogen (secondary N) is 1. The third-order valence-electron chi connectivity index (χ3n) is 9.85. The number of likely N-dealkylation sites (tertiary alicyclic amines) is 1. The van der Waals surface area contributed by atoms with Gasteiger partial charge in [0.2, 0.25) is 11.8 Å². The Morgan fingerprint density at radius 2 is 1.70 bits per heavy atom. The number of thioether (sulfide) groups is 1. The van der Waals surface area contributed by atoms with Gasteiger partial charge < -0.3 is 14.8 Å². The number of fused-ring (bicyclic) bond motifs is 9. The smallest absolute Gasteiger partial charge is 0.305 e. The van der Waals surface area contributed by atoms with E-state index in [1.807, 2.05) is 12.1 Å². The maximum atomic E-state index is 13.7. The fourth-order valence-corrected chi connectivity index (χ4v) is 10.9. The zero-order valence-corrected chi connectivity index (χ0v) is 25.5. The fraction of sp³-hybridized carbons (Fsp3) is 0.455. The van der Waals surface area contributed by atoms with E-state index < -0.39 is 5.97 Å². The van der Waals surface area contributed by atoms with Crippen LogP contribution in [0.15, 0.2) is 58.4 Å². The van der Waals surface area contributed by atoms with Gasteiger partial charge in [0.25, 0.3) is 0 Å². The number of nitrogens with zero attached hydrogens (tertiary/aromatic N) is 1. The highest BCUT2D eigenvalue weighted by atomic mass is 32.2. The third-order valence-corrected chi connectivity index (χ3v) is 12.4. The molecule has 2 N–H and O–H groups in total. The number of benzene rings is 2. The molecular formula is C33H34N2O6S2. The Morgan fingerprint density at radius 1 is 0.977 bits per heavy atom. The van der Waals surface area contributed by atoms with Crippen molar-refractivity contribution in [2.45, 2.75) is 61.8 Å². The molecule has 43 heavy (non-hydrogen) atoms. The van der Waals surface area contributed by atoms with Crippen molar-refractivity contribution in [2.24, 2.45) is 29.6 Å². The molecule has 7 rings (SSSR count). The Kier molecular flexibility index (Phi) is 7.45. The van der Waals surface area contributed by atoms with Crippen LogP contribution in [0.2, 0.25) is 0 Å². The maximum absolute atomic E-state index is 13.7. The lowest BCUT2D eigenvalue weighted by Gasteiger charge is -2.43. The number of aromatic amines is 1. The first-order valence-corrected chi connectivity index (χ1v) is 16.7. The number of H-pyrrole nitrogens is 1. The lowest BCUT2D eigenvalue weighted by Crippen LogP contribution is -2.42. The summed E-state index contributed by atoms with van der Waals surface area (Å²) in [4.78, 5) is 56.1. The van der Waals surface area contributed by atoms with Crippen molar-refractivity contribution in [1.29, 1.82) is 0 Å². The van der Waals surface area contributed by atoms with Crippen LogP contribution in [0, 0.1) is 36.5 Å². The standard InChI is InChI=1S/C33H34N2O6S2/c1-17-6-8-18(9-7-17)16-41-20-12-10-19(11-13-20)24-25-21-15-22(28(25)42-30-29(24)43-33(40)34-30)27-26(21)31(38)35(32(27)39)14-4-2-3-5-23(36)37/h6-13,21-22,24-28H,2-5,14-16H2,1H3,(H,34,40)(H,36,37)/t21?,22?,24-,25?,26?,27?,28?/m1/s1. The number of amides is 2. The molecule has 2 amide bonds. The molecule has 8 nitrogen and oxygen atoms in total. The Labute approximate surface area is 257 Å². The van der Waals surface area contributed by atoms with Crippen LogP contribution < -0.4 is 9.61 Å². The normalized spacial score (nSPS) is 28.6. The Morgan fingerprint density at radius 3 is 2.42 bits per heavy atom. The molecule has 1 aromatic heterocycles. The first-order valence-electron chi connectivity index (χ1n) is 15.0. The van der Waals surface area contributed by atoms with Gasteiger partial charge in [-0.3, -0.25) is 24.1 Å². The van der Waals surface area contributed by atoms with Gasteiger partial charge in [-0.05, 0) is 67.2 Å². The average Bonchev–Trinajstić information content (AvgIpc) is 3.72. The number of aromatic nitrogens is 1. The Balaban J connectivity index is 1.12. The second-order valence-corrected chi connectivity index (χ2v) is 14.5. The van der Waals surface area contributed by atoms with Gasteiger partial charge in [0.05, 0.1) is 16.9 Å². The molecule has 0 spiro atoms. The van der Waals surface area contributed by atoms with E-state index in [0.717, 1.165) is 33.2 Å². The molecule has 224 valence electrons. The molecule has 3 fully saturated rings. The number of unbranched alkanes of at least 4 members (excludes halogenated alkanes) is 2. The predicted octanol–water partition coefficient (Wildman–Crippen LogP) is 5.44. The molecule has 6 unspecified atom stereocenters. The number of ether oxygens (including phenoxy) is 1. The van der Waals surface area contributed by atoms with Gasteiger partial charge in [0.15, 0.2) is 0 Å². The van der Waals surface area contributed by atoms with Crippen molar-refractivity contribution >= 4 is 40.9 Å². The summed E-state index contributed by atoms with van der Waals surface area (Å²) in [6, 6.07) is 16.4. The van der Waals surface area contributed by atoms with Crippen molar-refractivity contribution in [1.82, 2.24) is 9.88 Å². The van der Waals surface area contributed by atoms with Crippen molar-refractivity contribution in [3.05, 3.63) is 79.8 Å². The SMILES string of the molecule is Cc1ccc(COc2ccc([C@H]3c4sc(=O)[nH]c4SC4C5CC(C6C(=O)N(CCCCCC(=O)O)C(=O)C56)C43)cc2)cc1. The van der Waals surface area contributed by atoms with E-state index >= 15 is 0 Å². The van der Waals surface area contributed by atoms with Gasteiger partial charge in [-0.1, -0.05) is 59.7 Å². The molecule has 3 heterocycles. The number of carboxylic acids is 1. The quantitative estimate of drug-likeness (QED) is 0.230. The maximum Gasteiger partial charge on any atom is 0.305 e. The minimum Gasteiger partial charge on any atom is -0.489 e. The van der Waals surface area contributed by atoms with E-state index in [9.17, 15) is 19.2 Å². The number of aryl methyl sites for hydroxylation is 1. The number of imide groups is 1. The largest absolute Gasteiger partial charge is 0.489 e. The second-order valence-electron chi connectivity index (χ2n) is 12.3. The summed E-state index contributed by atoms with van der Waals surface area (Å²) >= 11 is 2.95. The van der Waals surface area contributed by atoms with E-state index in [4.69, 9.17) is 9.84 Å². The topological polar surface area (TPSA) is 117 Å². The molecule has 3 aromatic rings. The van der Waals surface area contributed by atoms with Crippen LogP contribution >= 0.6 is 23.1 Å². The monoisotopic (exact) mass is 618 g/mol. The predicted molar refractivity (Wildman–Crippen MR) is 163 cm³/mol. The van der Waals surface area contributed by atoms with Crippen molar-refractivity contribution < 1.29 is 24.2 Å². The van der Waals surface area contributed by atoms with Gasteiger partial charge in [0.1, 0.15) is 12.4 Å². The highest BCUT2D eigenvalue weighted by Crippen LogP contribution is 2.68. The Hall–Kier alpha value is -3.37. The highest BCUT2D eigenvalue weighted by molar-refractivity contribution is 8.00. The van der Waals surface area contributed by atoms with E-state index in [1.165, 1.54) is 21.8 Å². The van der Waals surface area contributed by atoms with E-state index in [1.54, 1.807) is 11.8 Å². The molecule has 2 saturated carbocycles. The van der Waals surface area contributed by atoms with Gasteiger partial charge in [0, 0.05) is 29.0 Å². The summed E-state index contributed by atoms with van der Waals surface area (Å²) in [6.45, 7) is 2.90. The van der Waals surface area contributed by atoms with Gasteiger partial charge >= 0.3 is 10.8 Å². The molecule has 2 aliphatic carbocycles. The minimum atomic E-state index is -0.826. The van der Waals surface area contributed by atoms with Gasteiger partial charge in [-0.25, -0.2) is 0 Å². The summed E-state index contributed by atoms with van der Waals surface area (Å²) in [6.07, 6.45) is 2.80. The molecule has 0 radical (unpaired) electrons. The molecular weight excluding hydrogens is 585 g/mol. The van der Waals surface area contributed by atoms with Crippen LogP contribution in [-0.4, -0.2) is 44.6 Å². The third kappa shape index (κ3) is 5.02. The first-order chi connectivity index (χ1) is 20.8. The summed E-state index contributed by atoms with van der Waals surface area (Å²) in [5.41, 5.74) is 3.41. The summed E-state index contributed by atoms with van der Waals surface area (Å²) in [5.74, 6) is -0.478. The van der Waals surface area contributed by atoms with Crippen LogP contribution in [-0.2, 0) is 21.0 Å². The molecule has 2 aromatic carbocycles. The van der Waals surface area contributed by atoms with E-state index in [0.29, 0.717) is 32.4 Å². The number of hydrogen-bond donors (Lipinski definition) is 2. The van der Waals surface area contributed by atoms with Gasteiger partial charge in [-0.2, -0.15) is 0 Å². The fourth-order valence-electron chi connectivity index (χ4n) is 8.02. The van der Waals surface area contributed by atoms with Crippen LogP contribution in [0.3, 0.4) is 0 Å². The molecule has 7 atom stereocenters. The number of hydrogen-bond acceptors (Lipinski definition) is 7. The average molecular weight is 619 g/mol. The van der Waals surface area contributed by atoms with Crippen molar-refractivity contribution in [2.75, 3.05) is 6.54 Å². The number of thiazole rings is 1. The molecule has 4 aliphatic rings. The molecule has 10 heteroatoms. The lowest BCUT2D eigenvalue weighted by atomic mass is 9.68. The number of carbonyl (C=O) groups is 3. The second kappa shape index (κ2) is 11.3. The zero-order chi connectivity index (χ0) is 29.8. The van der Waals surface area contributed by atoms with Crippen LogP contribution in [0.1, 0.15) is 59.6 Å². The van der Waals surface area contributed by atoms with E-state index in [-0.39, 0.29) is 63.9 Å². The molecule has 2 aliphatic heterocycles. The van der Waals surface area contributed by atoms with E-state index in [2.05, 4.69) is 48.3 Å². The van der Waals surface area contributed by atoms with Crippen molar-refractivity contribution in [3.8, 4) is 5.75 Å². The summed E-state index contributed by atoms with van der Waals surface area (Å²) in [5, 5.41) is 9.95. The summed E-state index contributed by atoms with van der Waals surface area (Å²) in [7, 11) is 0. The van der Waals surface area contributed by atoms with Crippen LogP contribution in [0.5, 0.6) is 5.75 Å². The van der Waals surface area contributed by atoms with Crippen LogP contribution in [0.4, 0.5) is 0 Å². The zero-order valence-electron chi connectivity index (χ0n) is 23.9. The van der Waals surface area contributed by atoms with Gasteiger partial charge in [-0.15, -0.1) is 11.8 Å². The summed E-state index contributed by atoms with van der Waals surface area (Å²) < 4.78 is 6.06. The molecule has 1 saturated heterocycles. The number of carboxylic acid groups (broad SMARTS) is 1. The Bertz CT molecular complexity index is 1610. The number of carbonyl (C=O) groups excluding carboxylic acids is 2. The van der Waals surface area contributed by atoms with Crippen molar-refractivity contribution in [3.63, 3.8) is 0 Å². The minimum absolute atomic E-state index is 0.0275. The molecule has 2 bridgehead atoms. The highest BCUT2D eigenvalue weighted by Gasteiger charge is 2.69. The van der Waals surface area contributed by atoms with Crippen LogP contribution in [0.25, 0.3) is 0 Å². The number of rotatable bonds is 10. The number of aliphatic carboxylic acids is 1.